The number of hydrogen-bond donors (Lipinski definition) is 2. The quantitative estimate of drug-likeness (QED) is 0.770. The summed E-state index contributed by atoms with van der Waals surface area (Å²) in [5.74, 6) is 1.73. The van der Waals surface area contributed by atoms with Crippen LogP contribution in [0.25, 0.3) is 0 Å². The van der Waals surface area contributed by atoms with Gasteiger partial charge < -0.3 is 10.6 Å². The van der Waals surface area contributed by atoms with Crippen LogP contribution in [0.1, 0.15) is 69.4 Å². The zero-order valence-corrected chi connectivity index (χ0v) is 16.1. The molecule has 1 heterocycles. The van der Waals surface area contributed by atoms with Crippen LogP contribution in [0, 0.1) is 5.92 Å². The fraction of sp³-hybridized carbons (Fsp3) is 0.650. The van der Waals surface area contributed by atoms with Gasteiger partial charge in [0.25, 0.3) is 0 Å². The summed E-state index contributed by atoms with van der Waals surface area (Å²) in [4.78, 5) is 12.1. The third-order valence-electron chi connectivity index (χ3n) is 4.94. The summed E-state index contributed by atoms with van der Waals surface area (Å²) in [6.45, 7) is 9.60. The lowest BCUT2D eigenvalue weighted by Gasteiger charge is -2.22. The number of halogens is 1. The first-order valence-electron chi connectivity index (χ1n) is 9.13. The molecule has 0 aromatic heterocycles. The summed E-state index contributed by atoms with van der Waals surface area (Å²) in [7, 11) is 0. The average molecular weight is 353 g/mol. The van der Waals surface area contributed by atoms with Gasteiger partial charge in [0.05, 0.1) is 0 Å². The molecule has 2 unspecified atom stereocenters. The van der Waals surface area contributed by atoms with Crippen molar-refractivity contribution in [3.63, 3.8) is 0 Å². The van der Waals surface area contributed by atoms with Crippen molar-refractivity contribution in [2.75, 3.05) is 19.6 Å². The average Bonchev–Trinajstić information content (AvgIpc) is 2.56. The molecule has 0 aliphatic carbocycles. The Morgan fingerprint density at radius 3 is 2.46 bits per heavy atom. The molecule has 3 nitrogen and oxygen atoms in total. The van der Waals surface area contributed by atoms with Crippen molar-refractivity contribution >= 4 is 18.3 Å². The highest BCUT2D eigenvalue weighted by atomic mass is 35.5. The lowest BCUT2D eigenvalue weighted by Crippen LogP contribution is -2.33. The summed E-state index contributed by atoms with van der Waals surface area (Å²) in [5.41, 5.74) is 2.60. The number of benzene rings is 1. The summed E-state index contributed by atoms with van der Waals surface area (Å²) in [6.07, 6.45) is 4.23. The van der Waals surface area contributed by atoms with Gasteiger partial charge in [-0.15, -0.1) is 12.4 Å². The van der Waals surface area contributed by atoms with Crippen LogP contribution in [-0.4, -0.2) is 25.5 Å². The van der Waals surface area contributed by atoms with Crippen molar-refractivity contribution in [2.24, 2.45) is 5.92 Å². The molecule has 0 bridgehead atoms. The van der Waals surface area contributed by atoms with Crippen LogP contribution in [0.4, 0.5) is 0 Å². The molecule has 2 rings (SSSR count). The van der Waals surface area contributed by atoms with Gasteiger partial charge in [0.15, 0.2) is 0 Å². The Morgan fingerprint density at radius 2 is 1.88 bits per heavy atom. The first-order valence-corrected chi connectivity index (χ1v) is 9.13. The molecule has 2 N–H and O–H groups in total. The minimum Gasteiger partial charge on any atom is -0.356 e. The van der Waals surface area contributed by atoms with E-state index in [2.05, 4.69) is 55.7 Å². The van der Waals surface area contributed by atoms with Gasteiger partial charge >= 0.3 is 0 Å². The first kappa shape index (κ1) is 21.0. The van der Waals surface area contributed by atoms with Crippen LogP contribution in [0.15, 0.2) is 24.3 Å². The van der Waals surface area contributed by atoms with Crippen molar-refractivity contribution in [3.8, 4) is 0 Å². The standard InChI is InChI=1S/C20H32N2O.ClH/c1-15(2)18-6-8-19(9-7-18)16(3)13-20(23)22-12-10-17-5-4-11-21-14-17;/h6-9,15-17,21H,4-5,10-14H2,1-3H3,(H,22,23);1H. The summed E-state index contributed by atoms with van der Waals surface area (Å²) in [6, 6.07) is 8.71. The molecule has 1 fully saturated rings. The minimum atomic E-state index is 0. The van der Waals surface area contributed by atoms with Crippen molar-refractivity contribution in [1.29, 1.82) is 0 Å². The van der Waals surface area contributed by atoms with Gasteiger partial charge in [-0.1, -0.05) is 45.0 Å². The first-order chi connectivity index (χ1) is 11.1. The van der Waals surface area contributed by atoms with E-state index in [0.717, 1.165) is 32.0 Å². The molecule has 136 valence electrons. The molecule has 1 saturated heterocycles. The van der Waals surface area contributed by atoms with Gasteiger partial charge in [-0.05, 0) is 61.2 Å². The summed E-state index contributed by atoms with van der Waals surface area (Å²) in [5, 5.41) is 6.52. The number of nitrogens with one attached hydrogen (secondary N) is 2. The van der Waals surface area contributed by atoms with E-state index in [0.29, 0.717) is 12.3 Å². The maximum atomic E-state index is 12.1. The Labute approximate surface area is 153 Å². The van der Waals surface area contributed by atoms with Gasteiger partial charge in [0.2, 0.25) is 5.91 Å². The molecule has 0 saturated carbocycles. The van der Waals surface area contributed by atoms with Crippen molar-refractivity contribution in [3.05, 3.63) is 35.4 Å². The zero-order valence-electron chi connectivity index (χ0n) is 15.3. The molecule has 4 heteroatoms. The predicted octanol–water partition coefficient (Wildman–Crippen LogP) is 4.23. The normalized spacial score (nSPS) is 18.8. The molecular formula is C20H33ClN2O. The van der Waals surface area contributed by atoms with Gasteiger partial charge in [0, 0.05) is 13.0 Å². The fourth-order valence-electron chi connectivity index (χ4n) is 3.26. The third-order valence-corrected chi connectivity index (χ3v) is 4.94. The monoisotopic (exact) mass is 352 g/mol. The van der Waals surface area contributed by atoms with Crippen molar-refractivity contribution in [1.82, 2.24) is 10.6 Å². The molecule has 2 atom stereocenters. The highest BCUT2D eigenvalue weighted by Crippen LogP contribution is 2.22. The number of carbonyl (C=O) groups is 1. The maximum Gasteiger partial charge on any atom is 0.220 e. The number of carbonyl (C=O) groups excluding carboxylic acids is 1. The Morgan fingerprint density at radius 1 is 1.21 bits per heavy atom. The highest BCUT2D eigenvalue weighted by molar-refractivity contribution is 5.85. The maximum absolute atomic E-state index is 12.1. The van der Waals surface area contributed by atoms with Gasteiger partial charge in [0.1, 0.15) is 0 Å². The van der Waals surface area contributed by atoms with E-state index in [1.807, 2.05) is 0 Å². The minimum absolute atomic E-state index is 0. The molecule has 1 aliphatic rings. The van der Waals surface area contributed by atoms with Gasteiger partial charge in [-0.2, -0.15) is 0 Å². The second-order valence-corrected chi connectivity index (χ2v) is 7.28. The molecular weight excluding hydrogens is 320 g/mol. The molecule has 24 heavy (non-hydrogen) atoms. The molecule has 1 aliphatic heterocycles. The van der Waals surface area contributed by atoms with Crippen LogP contribution in [0.5, 0.6) is 0 Å². The highest BCUT2D eigenvalue weighted by Gasteiger charge is 2.14. The van der Waals surface area contributed by atoms with Crippen LogP contribution in [0.3, 0.4) is 0 Å². The van der Waals surface area contributed by atoms with E-state index in [4.69, 9.17) is 0 Å². The predicted molar refractivity (Wildman–Crippen MR) is 104 cm³/mol. The number of piperidine rings is 1. The zero-order chi connectivity index (χ0) is 16.7. The van der Waals surface area contributed by atoms with E-state index in [9.17, 15) is 4.79 Å². The number of hydrogen-bond acceptors (Lipinski definition) is 2. The second kappa shape index (κ2) is 10.7. The van der Waals surface area contributed by atoms with Crippen molar-refractivity contribution in [2.45, 2.75) is 58.3 Å². The van der Waals surface area contributed by atoms with Crippen molar-refractivity contribution < 1.29 is 4.79 Å². The van der Waals surface area contributed by atoms with E-state index in [1.54, 1.807) is 0 Å². The van der Waals surface area contributed by atoms with E-state index < -0.39 is 0 Å². The number of rotatable bonds is 7. The Balaban J connectivity index is 0.00000288. The van der Waals surface area contributed by atoms with Crippen LogP contribution in [0.2, 0.25) is 0 Å². The third kappa shape index (κ3) is 6.82. The lowest BCUT2D eigenvalue weighted by atomic mass is 9.94. The largest absolute Gasteiger partial charge is 0.356 e. The van der Waals surface area contributed by atoms with Gasteiger partial charge in [-0.3, -0.25) is 4.79 Å². The fourth-order valence-corrected chi connectivity index (χ4v) is 3.26. The molecule has 1 aromatic carbocycles. The Bertz CT molecular complexity index is 481. The van der Waals surface area contributed by atoms with Crippen LogP contribution >= 0.6 is 12.4 Å². The molecule has 1 aromatic rings. The SMILES string of the molecule is CC(C)c1ccc(C(C)CC(=O)NCCC2CCCNC2)cc1.Cl. The topological polar surface area (TPSA) is 41.1 Å². The number of amides is 1. The summed E-state index contributed by atoms with van der Waals surface area (Å²) < 4.78 is 0. The smallest absolute Gasteiger partial charge is 0.220 e. The van der Waals surface area contributed by atoms with Crippen LogP contribution < -0.4 is 10.6 Å². The lowest BCUT2D eigenvalue weighted by molar-refractivity contribution is -0.121. The van der Waals surface area contributed by atoms with E-state index in [-0.39, 0.29) is 24.2 Å². The Hall–Kier alpha value is -1.06. The molecule has 0 radical (unpaired) electrons. The summed E-state index contributed by atoms with van der Waals surface area (Å²) >= 11 is 0. The molecule has 0 spiro atoms. The van der Waals surface area contributed by atoms with E-state index in [1.165, 1.54) is 24.0 Å². The van der Waals surface area contributed by atoms with Crippen LogP contribution in [-0.2, 0) is 4.79 Å². The second-order valence-electron chi connectivity index (χ2n) is 7.28. The molecule has 1 amide bonds. The Kier molecular flexibility index (Phi) is 9.38. The van der Waals surface area contributed by atoms with Gasteiger partial charge in [-0.25, -0.2) is 0 Å². The van der Waals surface area contributed by atoms with E-state index >= 15 is 0 Å².